The van der Waals surface area contributed by atoms with Crippen molar-refractivity contribution < 1.29 is 4.74 Å². The molecule has 0 amide bonds. The number of fused-ring (bicyclic) bond motifs is 5. The molecule has 31 heavy (non-hydrogen) atoms. The van der Waals surface area contributed by atoms with Gasteiger partial charge in [0, 0.05) is 24.5 Å². The molecular weight excluding hydrogens is 406 g/mol. The van der Waals surface area contributed by atoms with Crippen LogP contribution in [0.15, 0.2) is 36.7 Å². The quantitative estimate of drug-likeness (QED) is 0.504. The number of anilines is 2. The van der Waals surface area contributed by atoms with Crippen LogP contribution in [0.3, 0.4) is 0 Å². The number of thiophene rings is 1. The Hall–Kier alpha value is -2.77. The van der Waals surface area contributed by atoms with E-state index in [9.17, 15) is 0 Å². The molecule has 6 nitrogen and oxygen atoms in total. The Labute approximate surface area is 185 Å². The lowest BCUT2D eigenvalue weighted by molar-refractivity contribution is 0.122. The lowest BCUT2D eigenvalue weighted by Crippen LogP contribution is -2.37. The Morgan fingerprint density at radius 3 is 2.71 bits per heavy atom. The van der Waals surface area contributed by atoms with Crippen molar-refractivity contribution >= 4 is 43.4 Å². The van der Waals surface area contributed by atoms with Crippen LogP contribution in [-0.2, 0) is 17.6 Å². The van der Waals surface area contributed by atoms with Gasteiger partial charge in [0.2, 0.25) is 0 Å². The van der Waals surface area contributed by atoms with Gasteiger partial charge in [0.15, 0.2) is 0 Å². The lowest BCUT2D eigenvalue weighted by Gasteiger charge is -2.29. The third-order valence-corrected chi connectivity index (χ3v) is 7.49. The van der Waals surface area contributed by atoms with Gasteiger partial charge in [-0.1, -0.05) is 30.3 Å². The zero-order chi connectivity index (χ0) is 20.8. The molecule has 1 aromatic carbocycles. The summed E-state index contributed by atoms with van der Waals surface area (Å²) in [6.45, 7) is 5.55. The molecule has 0 unspecified atom stereocenters. The second-order valence-electron chi connectivity index (χ2n) is 8.30. The summed E-state index contributed by atoms with van der Waals surface area (Å²) < 4.78 is 6.67. The van der Waals surface area contributed by atoms with E-state index in [1.807, 2.05) is 6.07 Å². The SMILES string of the molecule is C[C@H](Nc1ncnc2c1sc1nc(N3CCOCC3)c3c(c12)CCC3)c1ccccc1. The molecular formula is C24H25N5OS. The molecule has 0 radical (unpaired) electrons. The average molecular weight is 432 g/mol. The van der Waals surface area contributed by atoms with Gasteiger partial charge in [-0.05, 0) is 42.9 Å². The van der Waals surface area contributed by atoms with Crippen LogP contribution in [0.1, 0.15) is 36.1 Å². The highest BCUT2D eigenvalue weighted by atomic mass is 32.1. The molecule has 4 heterocycles. The number of aryl methyl sites for hydroxylation is 1. The van der Waals surface area contributed by atoms with E-state index in [4.69, 9.17) is 14.7 Å². The van der Waals surface area contributed by atoms with Gasteiger partial charge in [0.05, 0.1) is 23.4 Å². The van der Waals surface area contributed by atoms with E-state index in [1.54, 1.807) is 17.7 Å². The van der Waals surface area contributed by atoms with Gasteiger partial charge in [0.1, 0.15) is 22.8 Å². The molecule has 6 rings (SSSR count). The van der Waals surface area contributed by atoms with Crippen LogP contribution >= 0.6 is 11.3 Å². The maximum atomic E-state index is 5.57. The third kappa shape index (κ3) is 3.23. The van der Waals surface area contributed by atoms with Crippen LogP contribution in [0.2, 0.25) is 0 Å². The number of hydrogen-bond donors (Lipinski definition) is 1. The van der Waals surface area contributed by atoms with E-state index < -0.39 is 0 Å². The molecule has 1 atom stereocenters. The highest BCUT2D eigenvalue weighted by Gasteiger charge is 2.27. The van der Waals surface area contributed by atoms with E-state index in [1.165, 1.54) is 28.5 Å². The van der Waals surface area contributed by atoms with Crippen molar-refractivity contribution in [3.05, 3.63) is 53.3 Å². The molecule has 3 aromatic heterocycles. The Kier molecular flexibility index (Phi) is 4.73. The fraction of sp³-hybridized carbons (Fsp3) is 0.375. The molecule has 0 bridgehead atoms. The Bertz CT molecular complexity index is 1250. The molecule has 0 spiro atoms. The van der Waals surface area contributed by atoms with Crippen molar-refractivity contribution in [2.45, 2.75) is 32.2 Å². The Morgan fingerprint density at radius 1 is 1.06 bits per heavy atom. The van der Waals surface area contributed by atoms with E-state index in [-0.39, 0.29) is 6.04 Å². The largest absolute Gasteiger partial charge is 0.378 e. The summed E-state index contributed by atoms with van der Waals surface area (Å²) in [6.07, 6.45) is 5.08. The number of nitrogens with zero attached hydrogens (tertiary/aromatic N) is 4. The maximum absolute atomic E-state index is 5.57. The molecule has 0 saturated carbocycles. The van der Waals surface area contributed by atoms with Gasteiger partial charge in [-0.25, -0.2) is 15.0 Å². The van der Waals surface area contributed by atoms with Crippen LogP contribution in [0.5, 0.6) is 0 Å². The van der Waals surface area contributed by atoms with Crippen LogP contribution in [0.25, 0.3) is 20.4 Å². The molecule has 1 aliphatic heterocycles. The first-order chi connectivity index (χ1) is 15.3. The van der Waals surface area contributed by atoms with Crippen molar-refractivity contribution in [2.75, 3.05) is 36.5 Å². The first kappa shape index (κ1) is 19.0. The summed E-state index contributed by atoms with van der Waals surface area (Å²) in [5, 5.41) is 4.85. The highest BCUT2D eigenvalue weighted by molar-refractivity contribution is 7.26. The molecule has 2 aliphatic rings. The summed E-state index contributed by atoms with van der Waals surface area (Å²) in [5.74, 6) is 2.05. The number of aromatic nitrogens is 3. The lowest BCUT2D eigenvalue weighted by atomic mass is 10.1. The molecule has 1 saturated heterocycles. The summed E-state index contributed by atoms with van der Waals surface area (Å²) in [4.78, 5) is 18.0. The van der Waals surface area contributed by atoms with Crippen molar-refractivity contribution in [3.63, 3.8) is 0 Å². The zero-order valence-corrected chi connectivity index (χ0v) is 18.4. The topological polar surface area (TPSA) is 63.2 Å². The second-order valence-corrected chi connectivity index (χ2v) is 9.30. The average Bonchev–Trinajstić information content (AvgIpc) is 3.44. The number of ether oxygens (including phenoxy) is 1. The summed E-state index contributed by atoms with van der Waals surface area (Å²) in [7, 11) is 0. The minimum atomic E-state index is 0.159. The number of rotatable bonds is 4. The smallest absolute Gasteiger partial charge is 0.148 e. The van der Waals surface area contributed by atoms with Crippen molar-refractivity contribution in [2.24, 2.45) is 0 Å². The van der Waals surface area contributed by atoms with Crippen LogP contribution in [0, 0.1) is 0 Å². The van der Waals surface area contributed by atoms with Gasteiger partial charge in [-0.15, -0.1) is 11.3 Å². The molecule has 158 valence electrons. The van der Waals surface area contributed by atoms with Crippen LogP contribution in [-0.4, -0.2) is 41.3 Å². The van der Waals surface area contributed by atoms with Crippen LogP contribution in [0.4, 0.5) is 11.6 Å². The minimum absolute atomic E-state index is 0.159. The Balaban J connectivity index is 1.47. The fourth-order valence-corrected chi connectivity index (χ4v) is 5.96. The molecule has 1 aliphatic carbocycles. The first-order valence-corrected chi connectivity index (χ1v) is 11.8. The highest BCUT2D eigenvalue weighted by Crippen LogP contribution is 2.43. The zero-order valence-electron chi connectivity index (χ0n) is 17.6. The summed E-state index contributed by atoms with van der Waals surface area (Å²) in [5.41, 5.74) is 5.14. The third-order valence-electron chi connectivity index (χ3n) is 6.41. The minimum Gasteiger partial charge on any atom is -0.378 e. The van der Waals surface area contributed by atoms with Crippen molar-refractivity contribution in [3.8, 4) is 0 Å². The number of hydrogen-bond acceptors (Lipinski definition) is 7. The van der Waals surface area contributed by atoms with Gasteiger partial charge in [-0.2, -0.15) is 0 Å². The second kappa shape index (κ2) is 7.73. The van der Waals surface area contributed by atoms with Crippen molar-refractivity contribution in [1.29, 1.82) is 0 Å². The molecule has 1 N–H and O–H groups in total. The maximum Gasteiger partial charge on any atom is 0.148 e. The first-order valence-electron chi connectivity index (χ1n) is 11.0. The number of nitrogens with one attached hydrogen (secondary N) is 1. The van der Waals surface area contributed by atoms with E-state index in [2.05, 4.69) is 46.4 Å². The van der Waals surface area contributed by atoms with E-state index >= 15 is 0 Å². The van der Waals surface area contributed by atoms with E-state index in [0.29, 0.717) is 0 Å². The predicted molar refractivity (Wildman–Crippen MR) is 126 cm³/mol. The fourth-order valence-electron chi connectivity index (χ4n) is 4.85. The molecule has 4 aromatic rings. The number of pyridine rings is 1. The van der Waals surface area contributed by atoms with Gasteiger partial charge >= 0.3 is 0 Å². The molecule has 7 heteroatoms. The van der Waals surface area contributed by atoms with Gasteiger partial charge < -0.3 is 15.0 Å². The summed E-state index contributed by atoms with van der Waals surface area (Å²) >= 11 is 1.71. The van der Waals surface area contributed by atoms with Crippen LogP contribution < -0.4 is 10.2 Å². The number of benzene rings is 1. The van der Waals surface area contributed by atoms with Crippen molar-refractivity contribution in [1.82, 2.24) is 15.0 Å². The standard InChI is InChI=1S/C24H25N5OS/c1-15(16-6-3-2-4-7-16)27-22-21-20(25-14-26-22)19-17-8-5-9-18(17)23(28-24(19)31-21)29-10-12-30-13-11-29/h2-4,6-7,14-15H,5,8-13H2,1H3,(H,25,26,27)/t15-/m0/s1. The van der Waals surface area contributed by atoms with Gasteiger partial charge in [0.25, 0.3) is 0 Å². The van der Waals surface area contributed by atoms with E-state index in [0.717, 1.165) is 65.8 Å². The monoisotopic (exact) mass is 431 g/mol. The normalized spacial score (nSPS) is 17.3. The van der Waals surface area contributed by atoms with Gasteiger partial charge in [-0.3, -0.25) is 0 Å². The predicted octanol–water partition coefficient (Wildman–Crippen LogP) is 4.74. The summed E-state index contributed by atoms with van der Waals surface area (Å²) in [6, 6.07) is 10.6. The Morgan fingerprint density at radius 2 is 1.87 bits per heavy atom. The number of morpholine rings is 1. The molecule has 1 fully saturated rings.